The maximum Gasteiger partial charge on any atom is 0.261 e. The van der Waals surface area contributed by atoms with E-state index in [1.807, 2.05) is 42.5 Å². The Morgan fingerprint density at radius 2 is 1.51 bits per heavy atom. The van der Waals surface area contributed by atoms with Crippen molar-refractivity contribution in [1.29, 1.82) is 0 Å². The molecular weight excluding hydrogens is 516 g/mol. The first-order valence-corrected chi connectivity index (χ1v) is 13.6. The molecule has 0 bridgehead atoms. The van der Waals surface area contributed by atoms with Crippen LogP contribution in [0.4, 0.5) is 0 Å². The molecule has 4 rings (SSSR count). The SMILES string of the molecule is COc1cc(OC)cc(OCC(=O)N(Cc2ccc(Cl)cc2)[C@H](Cc2ccccc2)C(=O)NC2CCCC2)c1. The van der Waals surface area contributed by atoms with Crippen molar-refractivity contribution < 1.29 is 23.8 Å². The Bertz CT molecular complexity index is 1210. The second kappa shape index (κ2) is 13.9. The Balaban J connectivity index is 1.61. The second-order valence-electron chi connectivity index (χ2n) is 9.68. The summed E-state index contributed by atoms with van der Waals surface area (Å²) < 4.78 is 16.5. The number of halogens is 1. The van der Waals surface area contributed by atoms with Crippen LogP contribution in [0.2, 0.25) is 5.02 Å². The standard InChI is InChI=1S/C31H35ClN2O5/c1-37-26-17-27(38-2)19-28(18-26)39-21-30(35)34(20-23-12-14-24(32)15-13-23)29(16-22-8-4-3-5-9-22)31(36)33-25-10-6-7-11-25/h3-5,8-9,12-15,17-19,25,29H,6-7,10-11,16,20-21H2,1-2H3,(H,33,36)/t29-/m1/s1. The average molecular weight is 551 g/mol. The zero-order chi connectivity index (χ0) is 27.6. The third-order valence-electron chi connectivity index (χ3n) is 6.93. The topological polar surface area (TPSA) is 77.1 Å². The van der Waals surface area contributed by atoms with Gasteiger partial charge in [-0.15, -0.1) is 0 Å². The molecule has 1 N–H and O–H groups in total. The lowest BCUT2D eigenvalue weighted by Crippen LogP contribution is -2.53. The molecule has 0 aliphatic heterocycles. The summed E-state index contributed by atoms with van der Waals surface area (Å²) in [6, 6.07) is 21.6. The highest BCUT2D eigenvalue weighted by molar-refractivity contribution is 6.30. The number of hydrogen-bond acceptors (Lipinski definition) is 5. The summed E-state index contributed by atoms with van der Waals surface area (Å²) in [6.45, 7) is -0.0255. The molecule has 1 aliphatic carbocycles. The Morgan fingerprint density at radius 3 is 2.13 bits per heavy atom. The third-order valence-corrected chi connectivity index (χ3v) is 7.18. The van der Waals surface area contributed by atoms with Crippen molar-refractivity contribution in [1.82, 2.24) is 10.2 Å². The van der Waals surface area contributed by atoms with Crippen LogP contribution in [0.3, 0.4) is 0 Å². The predicted molar refractivity (Wildman–Crippen MR) is 151 cm³/mol. The van der Waals surface area contributed by atoms with Crippen molar-refractivity contribution in [2.45, 2.75) is 50.7 Å². The molecule has 0 aromatic heterocycles. The fourth-order valence-electron chi connectivity index (χ4n) is 4.80. The van der Waals surface area contributed by atoms with Crippen molar-refractivity contribution >= 4 is 23.4 Å². The lowest BCUT2D eigenvalue weighted by atomic mass is 10.0. The van der Waals surface area contributed by atoms with Gasteiger partial charge in [-0.2, -0.15) is 0 Å². The summed E-state index contributed by atoms with van der Waals surface area (Å²) in [7, 11) is 3.10. The van der Waals surface area contributed by atoms with Crippen LogP contribution >= 0.6 is 11.6 Å². The van der Waals surface area contributed by atoms with Gasteiger partial charge in [0.1, 0.15) is 23.3 Å². The van der Waals surface area contributed by atoms with Crippen LogP contribution in [-0.2, 0) is 22.6 Å². The van der Waals surface area contributed by atoms with Crippen molar-refractivity contribution in [2.75, 3.05) is 20.8 Å². The van der Waals surface area contributed by atoms with Gasteiger partial charge in [0, 0.05) is 42.2 Å². The number of nitrogens with one attached hydrogen (secondary N) is 1. The molecule has 8 heteroatoms. The molecule has 7 nitrogen and oxygen atoms in total. The zero-order valence-corrected chi connectivity index (χ0v) is 23.2. The third kappa shape index (κ3) is 8.14. The molecule has 206 valence electrons. The van der Waals surface area contributed by atoms with Crippen LogP contribution < -0.4 is 19.5 Å². The van der Waals surface area contributed by atoms with E-state index in [4.69, 9.17) is 25.8 Å². The Hall–Kier alpha value is -3.71. The van der Waals surface area contributed by atoms with Gasteiger partial charge in [-0.1, -0.05) is 66.9 Å². The highest BCUT2D eigenvalue weighted by atomic mass is 35.5. The Labute approximate surface area is 235 Å². The lowest BCUT2D eigenvalue weighted by molar-refractivity contribution is -0.143. The monoisotopic (exact) mass is 550 g/mol. The highest BCUT2D eigenvalue weighted by Crippen LogP contribution is 2.28. The molecule has 0 saturated heterocycles. The van der Waals surface area contributed by atoms with Crippen molar-refractivity contribution in [3.05, 3.63) is 88.9 Å². The molecule has 0 unspecified atom stereocenters. The molecule has 1 atom stereocenters. The Morgan fingerprint density at radius 1 is 0.897 bits per heavy atom. The number of methoxy groups -OCH3 is 2. The number of carbonyl (C=O) groups is 2. The van der Waals surface area contributed by atoms with E-state index in [9.17, 15) is 9.59 Å². The van der Waals surface area contributed by atoms with Crippen molar-refractivity contribution in [3.63, 3.8) is 0 Å². The predicted octanol–water partition coefficient (Wildman–Crippen LogP) is 5.43. The summed E-state index contributed by atoms with van der Waals surface area (Å²) in [5, 5.41) is 3.81. The van der Waals surface area contributed by atoms with Gasteiger partial charge in [0.15, 0.2) is 6.61 Å². The number of carbonyl (C=O) groups excluding carboxylic acids is 2. The molecule has 1 fully saturated rings. The second-order valence-corrected chi connectivity index (χ2v) is 10.1. The number of nitrogens with zero attached hydrogens (tertiary/aromatic N) is 1. The van der Waals surface area contributed by atoms with E-state index in [-0.39, 0.29) is 31.0 Å². The Kier molecular flexibility index (Phi) is 10.1. The molecule has 39 heavy (non-hydrogen) atoms. The molecule has 3 aromatic rings. The quantitative estimate of drug-likeness (QED) is 0.325. The summed E-state index contributed by atoms with van der Waals surface area (Å²) in [5.74, 6) is 1.06. The van der Waals surface area contributed by atoms with E-state index in [2.05, 4.69) is 5.32 Å². The normalized spacial score (nSPS) is 13.9. The van der Waals surface area contributed by atoms with E-state index in [0.29, 0.717) is 28.7 Å². The van der Waals surface area contributed by atoms with Crippen LogP contribution in [0.1, 0.15) is 36.8 Å². The van der Waals surface area contributed by atoms with E-state index < -0.39 is 6.04 Å². The molecular formula is C31H35ClN2O5. The summed E-state index contributed by atoms with van der Waals surface area (Å²) in [4.78, 5) is 29.1. The van der Waals surface area contributed by atoms with Crippen LogP contribution in [0.25, 0.3) is 0 Å². The van der Waals surface area contributed by atoms with Crippen LogP contribution in [0, 0.1) is 0 Å². The number of amides is 2. The molecule has 0 spiro atoms. The molecule has 3 aromatic carbocycles. The fourth-order valence-corrected chi connectivity index (χ4v) is 4.93. The van der Waals surface area contributed by atoms with Crippen LogP contribution in [-0.4, -0.2) is 49.6 Å². The van der Waals surface area contributed by atoms with Crippen molar-refractivity contribution in [2.24, 2.45) is 0 Å². The molecule has 2 amide bonds. The molecule has 1 saturated carbocycles. The van der Waals surface area contributed by atoms with Crippen molar-refractivity contribution in [3.8, 4) is 17.2 Å². The number of hydrogen-bond donors (Lipinski definition) is 1. The average Bonchev–Trinajstić information content (AvgIpc) is 3.48. The first kappa shape index (κ1) is 28.3. The summed E-state index contributed by atoms with van der Waals surface area (Å²) in [5.41, 5.74) is 1.83. The summed E-state index contributed by atoms with van der Waals surface area (Å²) >= 11 is 6.11. The van der Waals surface area contributed by atoms with E-state index >= 15 is 0 Å². The maximum atomic E-state index is 13.8. The number of rotatable bonds is 12. The smallest absolute Gasteiger partial charge is 0.261 e. The van der Waals surface area contributed by atoms with E-state index in [1.165, 1.54) is 0 Å². The first-order valence-electron chi connectivity index (χ1n) is 13.2. The van der Waals surface area contributed by atoms with Crippen LogP contribution in [0.5, 0.6) is 17.2 Å². The van der Waals surface area contributed by atoms with Gasteiger partial charge in [-0.3, -0.25) is 9.59 Å². The van der Waals surface area contributed by atoms with Gasteiger partial charge in [-0.25, -0.2) is 0 Å². The zero-order valence-electron chi connectivity index (χ0n) is 22.4. The summed E-state index contributed by atoms with van der Waals surface area (Å²) in [6.07, 6.45) is 4.48. The number of ether oxygens (including phenoxy) is 3. The largest absolute Gasteiger partial charge is 0.496 e. The minimum atomic E-state index is -0.723. The van der Waals surface area contributed by atoms with Gasteiger partial charge in [0.2, 0.25) is 5.91 Å². The maximum absolute atomic E-state index is 13.8. The minimum absolute atomic E-state index is 0.128. The lowest BCUT2D eigenvalue weighted by Gasteiger charge is -2.32. The molecule has 0 heterocycles. The number of benzene rings is 3. The van der Waals surface area contributed by atoms with Gasteiger partial charge >= 0.3 is 0 Å². The first-order chi connectivity index (χ1) is 18.9. The van der Waals surface area contributed by atoms with E-state index in [1.54, 1.807) is 49.5 Å². The van der Waals surface area contributed by atoms with Gasteiger partial charge < -0.3 is 24.4 Å². The highest BCUT2D eigenvalue weighted by Gasteiger charge is 2.32. The fraction of sp³-hybridized carbons (Fsp3) is 0.355. The van der Waals surface area contributed by atoms with Gasteiger partial charge in [0.25, 0.3) is 5.91 Å². The molecule has 0 radical (unpaired) electrons. The van der Waals surface area contributed by atoms with E-state index in [0.717, 1.165) is 36.8 Å². The minimum Gasteiger partial charge on any atom is -0.496 e. The van der Waals surface area contributed by atoms with Gasteiger partial charge in [-0.05, 0) is 36.1 Å². The van der Waals surface area contributed by atoms with Gasteiger partial charge in [0.05, 0.1) is 14.2 Å². The molecule has 1 aliphatic rings. The van der Waals surface area contributed by atoms with Crippen LogP contribution in [0.15, 0.2) is 72.8 Å².